The van der Waals surface area contributed by atoms with Crippen molar-refractivity contribution in [3.8, 4) is 0 Å². The summed E-state index contributed by atoms with van der Waals surface area (Å²) in [5, 5.41) is 0. The van der Waals surface area contributed by atoms with Crippen LogP contribution in [-0.4, -0.2) is 14.2 Å². The third kappa shape index (κ3) is 5.14. The molecule has 0 spiro atoms. The van der Waals surface area contributed by atoms with Crippen molar-refractivity contribution in [2.75, 3.05) is 5.75 Å². The Hall–Kier alpha value is -0.830. The van der Waals surface area contributed by atoms with Crippen LogP contribution in [0.3, 0.4) is 0 Å². The fourth-order valence-electron chi connectivity index (χ4n) is 2.22. The first kappa shape index (κ1) is 18.2. The molecule has 0 aliphatic carbocycles. The highest BCUT2D eigenvalue weighted by atomic mass is 32.2. The maximum absolute atomic E-state index is 12.7. The van der Waals surface area contributed by atoms with Crippen molar-refractivity contribution in [1.29, 1.82) is 0 Å². The molecule has 0 N–H and O–H groups in total. The summed E-state index contributed by atoms with van der Waals surface area (Å²) >= 11 is 0. The van der Waals surface area contributed by atoms with Crippen LogP contribution < -0.4 is 0 Å². The van der Waals surface area contributed by atoms with Gasteiger partial charge in [-0.05, 0) is 40.0 Å². The number of hydrogen-bond donors (Lipinski definition) is 0. The molecule has 0 radical (unpaired) electrons. The van der Waals surface area contributed by atoms with Crippen LogP contribution in [0.25, 0.3) is 0 Å². The minimum atomic E-state index is -3.26. The molecule has 0 aliphatic heterocycles. The van der Waals surface area contributed by atoms with Gasteiger partial charge in [0, 0.05) is 0 Å². The predicted molar refractivity (Wildman–Crippen MR) is 90.7 cm³/mol. The van der Waals surface area contributed by atoms with E-state index in [0.717, 1.165) is 11.1 Å². The second kappa shape index (κ2) is 5.75. The van der Waals surface area contributed by atoms with Crippen molar-refractivity contribution < 1.29 is 8.42 Å². The summed E-state index contributed by atoms with van der Waals surface area (Å²) in [5.41, 5.74) is 1.88. The Bertz CT molecular complexity index is 597. The maximum atomic E-state index is 12.7. The van der Waals surface area contributed by atoms with Gasteiger partial charge in [-0.3, -0.25) is 0 Å². The normalized spacial score (nSPS) is 13.8. The smallest absolute Gasteiger partial charge is 0.178 e. The Balaban J connectivity index is 3.46. The molecule has 0 saturated carbocycles. The fourth-order valence-corrected chi connectivity index (χ4v) is 4.15. The summed E-state index contributed by atoms with van der Waals surface area (Å²) in [6, 6.07) is 5.84. The van der Waals surface area contributed by atoms with Gasteiger partial charge < -0.3 is 0 Å². The lowest BCUT2D eigenvalue weighted by Crippen LogP contribution is -2.22. The maximum Gasteiger partial charge on any atom is 0.178 e. The average Bonchev–Trinajstić information content (AvgIpc) is 2.23. The zero-order chi connectivity index (χ0) is 16.6. The second-order valence-corrected chi connectivity index (χ2v) is 10.5. The molecule has 1 aromatic rings. The van der Waals surface area contributed by atoms with Gasteiger partial charge in [-0.15, -0.1) is 0 Å². The van der Waals surface area contributed by atoms with Crippen LogP contribution >= 0.6 is 0 Å². The van der Waals surface area contributed by atoms with Gasteiger partial charge in [0.05, 0.1) is 10.6 Å². The molecule has 0 saturated heterocycles. The molecule has 0 heterocycles. The van der Waals surface area contributed by atoms with Crippen molar-refractivity contribution in [3.05, 3.63) is 29.3 Å². The Morgan fingerprint density at radius 3 is 1.86 bits per heavy atom. The SMILES string of the molecule is CC(C)c1cc(C(C)(C)C)cc(S(=O)(=O)CC(C)(C)C)c1. The van der Waals surface area contributed by atoms with E-state index in [1.54, 1.807) is 0 Å². The van der Waals surface area contributed by atoms with E-state index in [9.17, 15) is 8.42 Å². The standard InChI is InChI=1S/C18H30O2S/c1-13(2)14-9-15(18(6,7)8)11-16(10-14)21(19,20)12-17(3,4)5/h9-11,13H,12H2,1-8H3. The molecule has 1 rings (SSSR count). The molecule has 21 heavy (non-hydrogen) atoms. The summed E-state index contributed by atoms with van der Waals surface area (Å²) in [6.45, 7) is 16.4. The summed E-state index contributed by atoms with van der Waals surface area (Å²) < 4.78 is 25.4. The van der Waals surface area contributed by atoms with E-state index in [0.29, 0.717) is 10.8 Å². The van der Waals surface area contributed by atoms with Crippen molar-refractivity contribution in [2.24, 2.45) is 5.41 Å². The number of benzene rings is 1. The van der Waals surface area contributed by atoms with Crippen molar-refractivity contribution in [2.45, 2.75) is 71.6 Å². The van der Waals surface area contributed by atoms with E-state index in [4.69, 9.17) is 0 Å². The Kier molecular flexibility index (Phi) is 4.99. The van der Waals surface area contributed by atoms with Gasteiger partial charge >= 0.3 is 0 Å². The van der Waals surface area contributed by atoms with Gasteiger partial charge in [0.15, 0.2) is 9.84 Å². The predicted octanol–water partition coefficient (Wildman–Crippen LogP) is 4.93. The molecule has 0 fully saturated rings. The molecule has 0 atom stereocenters. The van der Waals surface area contributed by atoms with Crippen LogP contribution in [-0.2, 0) is 15.3 Å². The number of sulfone groups is 1. The van der Waals surface area contributed by atoms with Crippen molar-refractivity contribution >= 4 is 9.84 Å². The minimum absolute atomic E-state index is 0.0586. The molecule has 3 heteroatoms. The molecule has 0 aromatic heterocycles. The molecule has 0 unspecified atom stereocenters. The summed E-state index contributed by atoms with van der Waals surface area (Å²) in [7, 11) is -3.26. The van der Waals surface area contributed by atoms with Crippen LogP contribution in [0.2, 0.25) is 0 Å². The second-order valence-electron chi connectivity index (χ2n) is 8.52. The monoisotopic (exact) mass is 310 g/mol. The van der Waals surface area contributed by atoms with E-state index in [2.05, 4.69) is 40.7 Å². The van der Waals surface area contributed by atoms with Crippen molar-refractivity contribution in [1.82, 2.24) is 0 Å². The Labute approximate surface area is 130 Å². The first-order valence-corrected chi connectivity index (χ1v) is 9.26. The molecule has 1 aromatic carbocycles. The van der Waals surface area contributed by atoms with Crippen molar-refractivity contribution in [3.63, 3.8) is 0 Å². The molecule has 0 amide bonds. The lowest BCUT2D eigenvalue weighted by atomic mass is 9.85. The van der Waals surface area contributed by atoms with Gasteiger partial charge in [-0.25, -0.2) is 8.42 Å². The van der Waals surface area contributed by atoms with Crippen LogP contribution in [0.4, 0.5) is 0 Å². The zero-order valence-electron chi connectivity index (χ0n) is 14.7. The van der Waals surface area contributed by atoms with E-state index in [1.165, 1.54) is 0 Å². The van der Waals surface area contributed by atoms with Crippen LogP contribution in [0.1, 0.15) is 72.4 Å². The third-order valence-electron chi connectivity index (χ3n) is 3.44. The summed E-state index contributed by atoms with van der Waals surface area (Å²) in [6.07, 6.45) is 0. The van der Waals surface area contributed by atoms with E-state index < -0.39 is 9.84 Å². The van der Waals surface area contributed by atoms with Gasteiger partial charge in [0.25, 0.3) is 0 Å². The van der Waals surface area contributed by atoms with Gasteiger partial charge in [-0.1, -0.05) is 61.5 Å². The first-order chi connectivity index (χ1) is 9.22. The summed E-state index contributed by atoms with van der Waals surface area (Å²) in [4.78, 5) is 0.466. The lowest BCUT2D eigenvalue weighted by Gasteiger charge is -2.24. The highest BCUT2D eigenvalue weighted by molar-refractivity contribution is 7.91. The largest absolute Gasteiger partial charge is 0.224 e. The van der Waals surface area contributed by atoms with E-state index >= 15 is 0 Å². The Morgan fingerprint density at radius 1 is 0.952 bits per heavy atom. The van der Waals surface area contributed by atoms with Crippen LogP contribution in [0.5, 0.6) is 0 Å². The highest BCUT2D eigenvalue weighted by Gasteiger charge is 2.26. The quantitative estimate of drug-likeness (QED) is 0.793. The minimum Gasteiger partial charge on any atom is -0.224 e. The molecule has 0 aliphatic rings. The third-order valence-corrected chi connectivity index (χ3v) is 5.64. The number of rotatable bonds is 3. The average molecular weight is 311 g/mol. The molecule has 2 nitrogen and oxygen atoms in total. The zero-order valence-corrected chi connectivity index (χ0v) is 15.6. The summed E-state index contributed by atoms with van der Waals surface area (Å²) in [5.74, 6) is 0.487. The van der Waals surface area contributed by atoms with Crippen LogP contribution in [0, 0.1) is 5.41 Å². The van der Waals surface area contributed by atoms with Gasteiger partial charge in [0.1, 0.15) is 0 Å². The topological polar surface area (TPSA) is 34.1 Å². The molecular weight excluding hydrogens is 280 g/mol. The van der Waals surface area contributed by atoms with Gasteiger partial charge in [-0.2, -0.15) is 0 Å². The van der Waals surface area contributed by atoms with Crippen LogP contribution in [0.15, 0.2) is 23.1 Å². The highest BCUT2D eigenvalue weighted by Crippen LogP contribution is 2.31. The van der Waals surface area contributed by atoms with Gasteiger partial charge in [0.2, 0.25) is 0 Å². The Morgan fingerprint density at radius 2 is 1.48 bits per heavy atom. The molecular formula is C18H30O2S. The number of hydrogen-bond acceptors (Lipinski definition) is 2. The first-order valence-electron chi connectivity index (χ1n) is 7.61. The molecule has 120 valence electrons. The van der Waals surface area contributed by atoms with E-state index in [-0.39, 0.29) is 16.6 Å². The lowest BCUT2D eigenvalue weighted by molar-refractivity contribution is 0.461. The molecule has 0 bridgehead atoms. The van der Waals surface area contributed by atoms with E-state index in [1.807, 2.05) is 32.9 Å². The fraction of sp³-hybridized carbons (Fsp3) is 0.667.